The number of alkyl halides is 2. The van der Waals surface area contributed by atoms with Crippen LogP contribution >= 0.6 is 34.8 Å². The fourth-order valence-electron chi connectivity index (χ4n) is 1.57. The fraction of sp³-hybridized carbons (Fsp3) is 0.923. The van der Waals surface area contributed by atoms with Crippen LogP contribution in [0.3, 0.4) is 0 Å². The number of carbonyl (C=O) groups is 1. The van der Waals surface area contributed by atoms with Gasteiger partial charge < -0.3 is 0 Å². The van der Waals surface area contributed by atoms with E-state index in [9.17, 15) is 4.79 Å². The third-order valence-corrected chi connectivity index (χ3v) is 2.67. The van der Waals surface area contributed by atoms with Crippen molar-refractivity contribution in [2.45, 2.75) is 71.1 Å². The van der Waals surface area contributed by atoms with E-state index >= 15 is 0 Å². The van der Waals surface area contributed by atoms with Crippen LogP contribution in [0, 0.1) is 0 Å². The van der Waals surface area contributed by atoms with Crippen LogP contribution in [-0.4, -0.2) is 10.6 Å². The van der Waals surface area contributed by atoms with Crippen LogP contribution in [0.25, 0.3) is 0 Å². The van der Waals surface area contributed by atoms with Crippen molar-refractivity contribution in [1.82, 2.24) is 0 Å². The van der Waals surface area contributed by atoms with Gasteiger partial charge in [0.2, 0.25) is 5.24 Å². The van der Waals surface area contributed by atoms with Gasteiger partial charge in [-0.1, -0.05) is 58.3 Å². The largest absolute Gasteiger partial charge is 0.281 e. The highest BCUT2D eigenvalue weighted by Gasteiger charge is 1.95. The average molecular weight is 304 g/mol. The zero-order chi connectivity index (χ0) is 13.4. The Balaban J connectivity index is 0. The third-order valence-electron chi connectivity index (χ3n) is 2.48. The standard InChI is InChI=1S/C12H23ClO.CH2Cl2/c1-2-3-4-5-6-7-8-9-10-11-12(13)14;2-1-3/h2-11H2,1H3;1H2. The number of rotatable bonds is 10. The minimum Gasteiger partial charge on any atom is -0.281 e. The molecule has 0 bridgehead atoms. The number of halogens is 3. The van der Waals surface area contributed by atoms with Crippen LogP contribution in [0.2, 0.25) is 0 Å². The molecule has 0 aromatic carbocycles. The summed E-state index contributed by atoms with van der Waals surface area (Å²) in [6.45, 7) is 2.24. The maximum atomic E-state index is 10.4. The molecule has 0 atom stereocenters. The molecule has 0 saturated heterocycles. The summed E-state index contributed by atoms with van der Waals surface area (Å²) in [6, 6.07) is 0. The zero-order valence-corrected chi connectivity index (χ0v) is 13.1. The number of hydrogen-bond donors (Lipinski definition) is 0. The lowest BCUT2D eigenvalue weighted by atomic mass is 10.1. The van der Waals surface area contributed by atoms with Crippen molar-refractivity contribution < 1.29 is 4.79 Å². The second-order valence-corrected chi connectivity index (χ2v) is 5.26. The Bertz CT molecular complexity index is 152. The molecule has 0 N–H and O–H groups in total. The van der Waals surface area contributed by atoms with Crippen molar-refractivity contribution in [3.63, 3.8) is 0 Å². The fourth-order valence-corrected chi connectivity index (χ4v) is 1.71. The third kappa shape index (κ3) is 26.3. The summed E-state index contributed by atoms with van der Waals surface area (Å²) in [5, 5.41) is 0.00736. The van der Waals surface area contributed by atoms with Gasteiger partial charge in [-0.05, 0) is 18.0 Å². The lowest BCUT2D eigenvalue weighted by molar-refractivity contribution is -0.111. The van der Waals surface area contributed by atoms with E-state index in [0.29, 0.717) is 6.42 Å². The summed E-state index contributed by atoms with van der Waals surface area (Å²) in [7, 11) is 0. The molecule has 0 amide bonds. The van der Waals surface area contributed by atoms with Crippen molar-refractivity contribution in [3.05, 3.63) is 0 Å². The lowest BCUT2D eigenvalue weighted by Crippen LogP contribution is -1.86. The Morgan fingerprint density at radius 3 is 1.53 bits per heavy atom. The molecule has 0 saturated carbocycles. The normalized spacial score (nSPS) is 9.65. The summed E-state index contributed by atoms with van der Waals surface area (Å²) in [5.74, 6) is 0. The molecule has 0 spiro atoms. The van der Waals surface area contributed by atoms with Gasteiger partial charge in [0.05, 0.1) is 5.34 Å². The van der Waals surface area contributed by atoms with E-state index < -0.39 is 0 Å². The Kier molecular flexibility index (Phi) is 22.1. The first kappa shape index (κ1) is 19.9. The Morgan fingerprint density at radius 2 is 1.18 bits per heavy atom. The maximum Gasteiger partial charge on any atom is 0.221 e. The van der Waals surface area contributed by atoms with Crippen molar-refractivity contribution >= 4 is 40.0 Å². The molecule has 0 aliphatic rings. The van der Waals surface area contributed by atoms with Crippen LogP contribution < -0.4 is 0 Å². The Hall–Kier alpha value is 0.540. The molecule has 4 heteroatoms. The highest BCUT2D eigenvalue weighted by molar-refractivity contribution is 6.63. The molecule has 0 unspecified atom stereocenters. The summed E-state index contributed by atoms with van der Waals surface area (Å²) < 4.78 is 0. The van der Waals surface area contributed by atoms with E-state index in [1.807, 2.05) is 0 Å². The minimum atomic E-state index is -0.187. The Morgan fingerprint density at radius 1 is 0.824 bits per heavy atom. The van der Waals surface area contributed by atoms with E-state index in [-0.39, 0.29) is 10.6 Å². The lowest BCUT2D eigenvalue weighted by Gasteiger charge is -2.00. The predicted molar refractivity (Wildman–Crippen MR) is 79.3 cm³/mol. The molecule has 0 rings (SSSR count). The van der Waals surface area contributed by atoms with Gasteiger partial charge in [0.25, 0.3) is 0 Å². The van der Waals surface area contributed by atoms with Gasteiger partial charge in [-0.2, -0.15) is 0 Å². The Labute approximate surface area is 121 Å². The predicted octanol–water partition coefficient (Wildman–Crippen LogP) is 6.09. The topological polar surface area (TPSA) is 17.1 Å². The molecule has 0 fully saturated rings. The molecular weight excluding hydrogens is 279 g/mol. The molecule has 104 valence electrons. The monoisotopic (exact) mass is 302 g/mol. The second-order valence-electron chi connectivity index (χ2n) is 4.03. The maximum absolute atomic E-state index is 10.4. The molecule has 0 aliphatic carbocycles. The smallest absolute Gasteiger partial charge is 0.221 e. The summed E-state index contributed by atoms with van der Waals surface area (Å²) in [6.07, 6.45) is 12.1. The van der Waals surface area contributed by atoms with Gasteiger partial charge in [0.15, 0.2) is 0 Å². The molecule has 0 aliphatic heterocycles. The zero-order valence-electron chi connectivity index (χ0n) is 10.8. The van der Waals surface area contributed by atoms with Crippen molar-refractivity contribution in [2.75, 3.05) is 5.34 Å². The molecule has 0 aromatic rings. The first-order valence-corrected chi connectivity index (χ1v) is 7.94. The van der Waals surface area contributed by atoms with Crippen LogP contribution in [0.15, 0.2) is 0 Å². The van der Waals surface area contributed by atoms with E-state index in [1.165, 1.54) is 44.9 Å². The van der Waals surface area contributed by atoms with E-state index in [1.54, 1.807) is 0 Å². The summed E-state index contributed by atoms with van der Waals surface area (Å²) in [4.78, 5) is 10.4. The molecular formula is C13H25Cl3O. The summed E-state index contributed by atoms with van der Waals surface area (Å²) in [5.41, 5.74) is 0. The van der Waals surface area contributed by atoms with E-state index in [4.69, 9.17) is 34.8 Å². The van der Waals surface area contributed by atoms with Crippen molar-refractivity contribution in [1.29, 1.82) is 0 Å². The first-order chi connectivity index (χ1) is 8.18. The number of carbonyl (C=O) groups excluding carboxylic acids is 1. The van der Waals surface area contributed by atoms with Gasteiger partial charge in [0.1, 0.15) is 0 Å². The first-order valence-electron chi connectivity index (χ1n) is 6.49. The minimum absolute atomic E-state index is 0.187. The van der Waals surface area contributed by atoms with Crippen molar-refractivity contribution in [3.8, 4) is 0 Å². The van der Waals surface area contributed by atoms with E-state index in [2.05, 4.69) is 6.92 Å². The van der Waals surface area contributed by atoms with Gasteiger partial charge in [0, 0.05) is 6.42 Å². The summed E-state index contributed by atoms with van der Waals surface area (Å²) >= 11 is 14.8. The SMILES string of the molecule is CCCCCCCCCCCC(=O)Cl.ClCCl. The van der Waals surface area contributed by atoms with Crippen LogP contribution in [0.4, 0.5) is 0 Å². The molecule has 17 heavy (non-hydrogen) atoms. The molecule has 0 heterocycles. The highest BCUT2D eigenvalue weighted by atomic mass is 35.5. The van der Waals surface area contributed by atoms with E-state index in [0.717, 1.165) is 12.8 Å². The van der Waals surface area contributed by atoms with Gasteiger partial charge in [-0.3, -0.25) is 4.79 Å². The average Bonchev–Trinajstić information content (AvgIpc) is 2.27. The van der Waals surface area contributed by atoms with Crippen molar-refractivity contribution in [2.24, 2.45) is 0 Å². The van der Waals surface area contributed by atoms with Gasteiger partial charge in [-0.25, -0.2) is 0 Å². The highest BCUT2D eigenvalue weighted by Crippen LogP contribution is 2.10. The molecule has 0 radical (unpaired) electrons. The quantitative estimate of drug-likeness (QED) is 0.271. The second kappa shape index (κ2) is 18.9. The number of unbranched alkanes of at least 4 members (excludes halogenated alkanes) is 8. The molecule has 0 aromatic heterocycles. The van der Waals surface area contributed by atoms with Gasteiger partial charge in [-0.15, -0.1) is 23.2 Å². The van der Waals surface area contributed by atoms with Crippen LogP contribution in [-0.2, 0) is 4.79 Å². The van der Waals surface area contributed by atoms with Gasteiger partial charge >= 0.3 is 0 Å². The molecule has 1 nitrogen and oxygen atoms in total. The van der Waals surface area contributed by atoms with Crippen LogP contribution in [0.1, 0.15) is 71.1 Å². The number of hydrogen-bond acceptors (Lipinski definition) is 1. The van der Waals surface area contributed by atoms with Crippen LogP contribution in [0.5, 0.6) is 0 Å².